The summed E-state index contributed by atoms with van der Waals surface area (Å²) in [6.07, 6.45) is 0. The van der Waals surface area contributed by atoms with Crippen LogP contribution in [-0.2, 0) is 4.79 Å². The predicted octanol–water partition coefficient (Wildman–Crippen LogP) is 4.66. The van der Waals surface area contributed by atoms with Crippen LogP contribution in [-0.4, -0.2) is 5.97 Å². The molecule has 0 atom stereocenters. The van der Waals surface area contributed by atoms with Gasteiger partial charge in [-0.3, -0.25) is 4.79 Å². The molecule has 0 aliphatic heterocycles. The molecule has 0 unspecified atom stereocenters. The Labute approximate surface area is 113 Å². The molecule has 92 valence electrons. The lowest BCUT2D eigenvalue weighted by atomic mass is 10.1. The molecule has 2 aromatic heterocycles. The Morgan fingerprint density at radius 2 is 2.00 bits per heavy atom. The number of esters is 1. The summed E-state index contributed by atoms with van der Waals surface area (Å²) in [5.74, 6) is 0.455. The zero-order valence-corrected chi connectivity index (χ0v) is 12.0. The van der Waals surface area contributed by atoms with Gasteiger partial charge in [0.25, 0.3) is 0 Å². The number of rotatable bonds is 1. The normalized spacial score (nSPS) is 11.3. The molecule has 0 N–H and O–H groups in total. The molecule has 0 saturated carbocycles. The van der Waals surface area contributed by atoms with Crippen molar-refractivity contribution in [3.8, 4) is 5.75 Å². The van der Waals surface area contributed by atoms with Crippen molar-refractivity contribution >= 4 is 48.8 Å². The molecule has 1 aromatic carbocycles. The number of thiophene rings is 2. The molecule has 0 aliphatic rings. The number of hydrogen-bond acceptors (Lipinski definition) is 4. The van der Waals surface area contributed by atoms with Crippen molar-refractivity contribution in [3.63, 3.8) is 0 Å². The van der Waals surface area contributed by atoms with Crippen molar-refractivity contribution < 1.29 is 9.53 Å². The van der Waals surface area contributed by atoms with Crippen molar-refractivity contribution in [3.05, 3.63) is 28.0 Å². The third kappa shape index (κ3) is 1.72. The second kappa shape index (κ2) is 4.07. The van der Waals surface area contributed by atoms with Gasteiger partial charge >= 0.3 is 5.97 Å². The molecule has 0 spiro atoms. The van der Waals surface area contributed by atoms with Gasteiger partial charge in [-0.25, -0.2) is 0 Å². The summed E-state index contributed by atoms with van der Waals surface area (Å²) in [4.78, 5) is 12.5. The smallest absolute Gasteiger partial charge is 0.308 e. The summed E-state index contributed by atoms with van der Waals surface area (Å²) in [6, 6.07) is 4.29. The van der Waals surface area contributed by atoms with Crippen molar-refractivity contribution in [1.29, 1.82) is 0 Å². The van der Waals surface area contributed by atoms with E-state index < -0.39 is 0 Å². The van der Waals surface area contributed by atoms with Crippen molar-refractivity contribution in [2.75, 3.05) is 0 Å². The van der Waals surface area contributed by atoms with Gasteiger partial charge in [0.1, 0.15) is 0 Å². The molecule has 0 radical (unpaired) electrons. The number of fused-ring (bicyclic) bond motifs is 2. The van der Waals surface area contributed by atoms with Crippen LogP contribution in [0.1, 0.15) is 17.4 Å². The minimum absolute atomic E-state index is 0.265. The van der Waals surface area contributed by atoms with Crippen LogP contribution in [0.3, 0.4) is 0 Å². The fraction of sp³-hybridized carbons (Fsp3) is 0.214. The quantitative estimate of drug-likeness (QED) is 0.477. The van der Waals surface area contributed by atoms with E-state index in [9.17, 15) is 4.79 Å². The average Bonchev–Trinajstić information content (AvgIpc) is 2.82. The molecule has 2 nitrogen and oxygen atoms in total. The molecule has 0 bridgehead atoms. The molecule has 3 aromatic rings. The topological polar surface area (TPSA) is 26.3 Å². The Bertz CT molecular complexity index is 761. The Morgan fingerprint density at radius 3 is 2.72 bits per heavy atom. The van der Waals surface area contributed by atoms with Gasteiger partial charge in [-0.2, -0.15) is 0 Å². The van der Waals surface area contributed by atoms with Crippen molar-refractivity contribution in [2.24, 2.45) is 0 Å². The number of carbonyl (C=O) groups is 1. The molecule has 0 amide bonds. The Morgan fingerprint density at radius 1 is 1.22 bits per heavy atom. The summed E-state index contributed by atoms with van der Waals surface area (Å²) in [5.41, 5.74) is 1.23. The van der Waals surface area contributed by atoms with Crippen molar-refractivity contribution in [2.45, 2.75) is 20.8 Å². The molecule has 3 rings (SSSR count). The first-order chi connectivity index (χ1) is 8.56. The van der Waals surface area contributed by atoms with Gasteiger partial charge in [0, 0.05) is 27.3 Å². The van der Waals surface area contributed by atoms with Crippen LogP contribution in [0.5, 0.6) is 5.75 Å². The summed E-state index contributed by atoms with van der Waals surface area (Å²) in [6.45, 7) is 5.61. The second-order valence-electron chi connectivity index (χ2n) is 4.36. The van der Waals surface area contributed by atoms with E-state index in [1.54, 1.807) is 22.7 Å². The first-order valence-electron chi connectivity index (χ1n) is 5.65. The summed E-state index contributed by atoms with van der Waals surface area (Å²) in [7, 11) is 0. The van der Waals surface area contributed by atoms with E-state index in [0.717, 1.165) is 15.8 Å². The number of carbonyl (C=O) groups excluding carboxylic acids is 1. The zero-order valence-electron chi connectivity index (χ0n) is 10.4. The molecule has 18 heavy (non-hydrogen) atoms. The van der Waals surface area contributed by atoms with E-state index in [0.29, 0.717) is 0 Å². The third-order valence-electron chi connectivity index (χ3n) is 2.88. The number of hydrogen-bond donors (Lipinski definition) is 0. The number of benzene rings is 1. The SMILES string of the molecule is CC(=O)Oc1c2cc(C)sc2cc2c(C)csc12. The number of aryl methyl sites for hydroxylation is 2. The van der Waals surface area contributed by atoms with Gasteiger partial charge in [0.05, 0.1) is 4.70 Å². The van der Waals surface area contributed by atoms with E-state index in [1.165, 1.54) is 27.5 Å². The lowest BCUT2D eigenvalue weighted by molar-refractivity contribution is -0.131. The lowest BCUT2D eigenvalue weighted by Gasteiger charge is -2.05. The molecular formula is C14H12O2S2. The maximum absolute atomic E-state index is 11.3. The molecule has 0 aliphatic carbocycles. The van der Waals surface area contributed by atoms with E-state index in [4.69, 9.17) is 4.74 Å². The Hall–Kier alpha value is -1.39. The van der Waals surface area contributed by atoms with E-state index >= 15 is 0 Å². The van der Waals surface area contributed by atoms with Gasteiger partial charge in [0.15, 0.2) is 5.75 Å². The van der Waals surface area contributed by atoms with Crippen LogP contribution in [0.4, 0.5) is 0 Å². The number of ether oxygens (including phenoxy) is 1. The Kier molecular flexibility index (Phi) is 2.64. The molecule has 0 fully saturated rings. The van der Waals surface area contributed by atoms with Crippen LogP contribution in [0.25, 0.3) is 20.2 Å². The van der Waals surface area contributed by atoms with Crippen LogP contribution in [0.15, 0.2) is 17.5 Å². The van der Waals surface area contributed by atoms with Gasteiger partial charge in [-0.05, 0) is 36.9 Å². The fourth-order valence-corrected chi connectivity index (χ4v) is 4.11. The van der Waals surface area contributed by atoms with Gasteiger partial charge < -0.3 is 4.74 Å². The molecule has 4 heteroatoms. The maximum Gasteiger partial charge on any atom is 0.308 e. The highest BCUT2D eigenvalue weighted by Crippen LogP contribution is 2.42. The lowest BCUT2D eigenvalue weighted by Crippen LogP contribution is -2.01. The van der Waals surface area contributed by atoms with E-state index in [1.807, 2.05) is 0 Å². The van der Waals surface area contributed by atoms with Crippen LogP contribution in [0.2, 0.25) is 0 Å². The van der Waals surface area contributed by atoms with Crippen molar-refractivity contribution in [1.82, 2.24) is 0 Å². The maximum atomic E-state index is 11.3. The highest BCUT2D eigenvalue weighted by molar-refractivity contribution is 7.20. The highest BCUT2D eigenvalue weighted by Gasteiger charge is 2.15. The van der Waals surface area contributed by atoms with Gasteiger partial charge in [0.2, 0.25) is 0 Å². The summed E-state index contributed by atoms with van der Waals surface area (Å²) in [5, 5.41) is 4.33. The minimum atomic E-state index is -0.265. The standard InChI is InChI=1S/C14H12O2S2/c1-7-6-17-14-10(7)5-12-11(4-8(2)18-12)13(14)16-9(3)15/h4-6H,1-3H3. The zero-order chi connectivity index (χ0) is 12.9. The second-order valence-corrected chi connectivity index (χ2v) is 6.53. The van der Waals surface area contributed by atoms with Gasteiger partial charge in [-0.15, -0.1) is 22.7 Å². The third-order valence-corrected chi connectivity index (χ3v) is 4.99. The highest BCUT2D eigenvalue weighted by atomic mass is 32.1. The molecular weight excluding hydrogens is 264 g/mol. The van der Waals surface area contributed by atoms with Crippen LogP contribution in [0, 0.1) is 13.8 Å². The van der Waals surface area contributed by atoms with Gasteiger partial charge in [-0.1, -0.05) is 0 Å². The van der Waals surface area contributed by atoms with E-state index in [2.05, 4.69) is 31.4 Å². The molecule has 2 heterocycles. The molecule has 0 saturated heterocycles. The first kappa shape index (κ1) is 11.7. The first-order valence-corrected chi connectivity index (χ1v) is 7.35. The summed E-state index contributed by atoms with van der Waals surface area (Å²) < 4.78 is 7.69. The van der Waals surface area contributed by atoms with Crippen LogP contribution < -0.4 is 4.74 Å². The summed E-state index contributed by atoms with van der Waals surface area (Å²) >= 11 is 3.37. The Balaban J connectivity index is 2.45. The average molecular weight is 276 g/mol. The monoisotopic (exact) mass is 276 g/mol. The van der Waals surface area contributed by atoms with Crippen LogP contribution >= 0.6 is 22.7 Å². The predicted molar refractivity (Wildman–Crippen MR) is 78.0 cm³/mol. The minimum Gasteiger partial charge on any atom is -0.424 e. The van der Waals surface area contributed by atoms with E-state index in [-0.39, 0.29) is 5.97 Å². The largest absolute Gasteiger partial charge is 0.424 e. The fourth-order valence-electron chi connectivity index (χ4n) is 2.12.